The fraction of sp³-hybridized carbons (Fsp3) is 0.389. The minimum absolute atomic E-state index is 0.140. The Morgan fingerprint density at radius 2 is 1.50 bits per heavy atom. The Kier molecular flexibility index (Phi) is 8.75. The molecule has 3 aliphatic heterocycles. The van der Waals surface area contributed by atoms with E-state index in [1.54, 1.807) is 92.2 Å². The minimum Gasteiger partial charge on any atom is -0.466 e. The number of fused-ring (bicyclic) bond motifs is 1. The molecule has 0 bridgehead atoms. The van der Waals surface area contributed by atoms with Crippen LogP contribution in [0.5, 0.6) is 0 Å². The summed E-state index contributed by atoms with van der Waals surface area (Å²) in [5.74, 6) is -1.08. The van der Waals surface area contributed by atoms with E-state index < -0.39 is 15.7 Å². The van der Waals surface area contributed by atoms with E-state index in [0.717, 1.165) is 0 Å². The lowest BCUT2D eigenvalue weighted by Gasteiger charge is -2.35. The van der Waals surface area contributed by atoms with Crippen LogP contribution in [-0.2, 0) is 30.1 Å². The number of allylic oxidation sites excluding steroid dienone is 1. The molecule has 3 aromatic rings. The summed E-state index contributed by atoms with van der Waals surface area (Å²) in [6, 6.07) is 15.2. The van der Waals surface area contributed by atoms with Crippen molar-refractivity contribution in [2.45, 2.75) is 31.3 Å². The molecular weight excluding hydrogens is 659 g/mol. The van der Waals surface area contributed by atoms with Gasteiger partial charge in [0.15, 0.2) is 11.3 Å². The van der Waals surface area contributed by atoms with Crippen molar-refractivity contribution in [2.24, 2.45) is 17.8 Å². The van der Waals surface area contributed by atoms with Crippen LogP contribution in [0.3, 0.4) is 0 Å². The predicted octanol–water partition coefficient (Wildman–Crippen LogP) is 2.54. The van der Waals surface area contributed by atoms with E-state index in [0.29, 0.717) is 40.9 Å². The molecule has 0 radical (unpaired) electrons. The van der Waals surface area contributed by atoms with Gasteiger partial charge in [-0.25, -0.2) is 0 Å². The summed E-state index contributed by atoms with van der Waals surface area (Å²) in [5.41, 5.74) is 0.752. The molecular formula is C36H37N7O6S. The highest BCUT2D eigenvalue weighted by atomic mass is 32.2. The molecule has 13 nitrogen and oxygen atoms in total. The van der Waals surface area contributed by atoms with E-state index in [2.05, 4.69) is 16.0 Å². The Morgan fingerprint density at radius 1 is 0.940 bits per heavy atom. The number of carbonyl (C=O) groups excluding carboxylic acids is 3. The molecule has 1 aromatic carbocycles. The Bertz CT molecular complexity index is 1920. The number of benzene rings is 1. The zero-order valence-corrected chi connectivity index (χ0v) is 28.6. The summed E-state index contributed by atoms with van der Waals surface area (Å²) < 4.78 is 35.6. The predicted molar refractivity (Wildman–Crippen MR) is 180 cm³/mol. The Morgan fingerprint density at radius 3 is 2.02 bits per heavy atom. The molecule has 4 aliphatic rings. The molecule has 2 aromatic heterocycles. The van der Waals surface area contributed by atoms with Crippen LogP contribution in [0, 0.1) is 29.1 Å². The second-order valence-corrected chi connectivity index (χ2v) is 15.0. The number of likely N-dealkylation sites (N-methyl/N-ethyl adjacent to an activating group) is 1. The maximum absolute atomic E-state index is 15.1. The summed E-state index contributed by atoms with van der Waals surface area (Å²) in [4.78, 5) is 52.9. The number of hydrogen-bond acceptors (Lipinski definition) is 10. The first-order valence-electron chi connectivity index (χ1n) is 16.7. The molecule has 0 spiro atoms. The van der Waals surface area contributed by atoms with Gasteiger partial charge in [-0.3, -0.25) is 29.3 Å². The first-order chi connectivity index (χ1) is 24.1. The second-order valence-electron chi connectivity index (χ2n) is 13.0. The smallest absolute Gasteiger partial charge is 0.309 e. The van der Waals surface area contributed by atoms with Crippen molar-refractivity contribution in [2.75, 3.05) is 39.8 Å². The topological polar surface area (TPSA) is 157 Å². The van der Waals surface area contributed by atoms with Crippen molar-refractivity contribution in [3.63, 3.8) is 0 Å². The summed E-state index contributed by atoms with van der Waals surface area (Å²) in [6.07, 6.45) is 8.76. The molecule has 4 fully saturated rings. The van der Waals surface area contributed by atoms with Crippen molar-refractivity contribution < 1.29 is 27.5 Å². The number of hydrogen-bond donors (Lipinski definition) is 0. The Labute approximate surface area is 290 Å². The molecule has 3 atom stereocenters. The van der Waals surface area contributed by atoms with Crippen LogP contribution in [-0.4, -0.2) is 100 Å². The lowest BCUT2D eigenvalue weighted by molar-refractivity contribution is -0.149. The van der Waals surface area contributed by atoms with Gasteiger partial charge in [-0.15, -0.1) is 0 Å². The number of piperidine rings is 2. The monoisotopic (exact) mass is 695 g/mol. The third-order valence-electron chi connectivity index (χ3n) is 10.5. The van der Waals surface area contributed by atoms with Gasteiger partial charge in [0.1, 0.15) is 5.82 Å². The van der Waals surface area contributed by atoms with Crippen molar-refractivity contribution >= 4 is 27.9 Å². The summed E-state index contributed by atoms with van der Waals surface area (Å²) in [5, 5.41) is 9.24. The zero-order chi connectivity index (χ0) is 35.2. The highest BCUT2D eigenvalue weighted by Crippen LogP contribution is 2.56. The maximum atomic E-state index is 15.1. The standard InChI is InChI=1S/C36H37N7O6S/c1-3-49-34(45)26-12-18-41(19-13-26)50(47,48)42-22-29-30(23-42)33(29)43-32(20-31(44)25-6-4-24(21-37)5-7-25)40(2)36(35(43)46,27-8-14-38-15-9-27)28-10-16-39-17-11-28/h4-11,14-17,20,26,29-30,33H,3,12-13,18-19,22-23H2,1-2H3/t29-,30+,33?. The summed E-state index contributed by atoms with van der Waals surface area (Å²) >= 11 is 0. The SMILES string of the molecule is CCOC(=O)C1CCN(S(=O)(=O)N2C[C@@H]3C(N4C(=O)C(c5ccncc5)(c5ccncc5)N(C)C4=CC(=O)c4ccc(C#N)cc4)[C@@H]3C2)CC1. The molecule has 0 N–H and O–H groups in total. The molecule has 258 valence electrons. The van der Waals surface area contributed by atoms with Crippen molar-refractivity contribution in [3.05, 3.63) is 107 Å². The van der Waals surface area contributed by atoms with Crippen LogP contribution >= 0.6 is 0 Å². The quantitative estimate of drug-likeness (QED) is 0.185. The fourth-order valence-corrected chi connectivity index (χ4v) is 9.60. The molecule has 5 heterocycles. The highest BCUT2D eigenvalue weighted by molar-refractivity contribution is 7.86. The first kappa shape index (κ1) is 33.5. The van der Waals surface area contributed by atoms with Crippen molar-refractivity contribution in [3.8, 4) is 6.07 Å². The van der Waals surface area contributed by atoms with Gasteiger partial charge in [-0.2, -0.15) is 22.3 Å². The van der Waals surface area contributed by atoms with E-state index in [4.69, 9.17) is 4.74 Å². The number of amides is 1. The van der Waals surface area contributed by atoms with Crippen LogP contribution in [0.25, 0.3) is 0 Å². The highest BCUT2D eigenvalue weighted by Gasteiger charge is 2.68. The van der Waals surface area contributed by atoms with Crippen LogP contribution in [0.1, 0.15) is 46.8 Å². The summed E-state index contributed by atoms with van der Waals surface area (Å²) in [6.45, 7) is 2.98. The number of carbonyl (C=O) groups is 3. The van der Waals surface area contributed by atoms with Gasteiger partial charge in [0.25, 0.3) is 16.1 Å². The van der Waals surface area contributed by atoms with Gasteiger partial charge in [-0.05, 0) is 79.4 Å². The van der Waals surface area contributed by atoms with E-state index in [9.17, 15) is 23.3 Å². The average molecular weight is 696 g/mol. The van der Waals surface area contributed by atoms with Gasteiger partial charge < -0.3 is 9.64 Å². The van der Waals surface area contributed by atoms with Gasteiger partial charge in [0, 0.05) is 87.5 Å². The van der Waals surface area contributed by atoms with Crippen LogP contribution < -0.4 is 0 Å². The number of pyridine rings is 2. The molecule has 1 unspecified atom stereocenters. The van der Waals surface area contributed by atoms with Crippen molar-refractivity contribution in [1.82, 2.24) is 28.4 Å². The lowest BCUT2D eigenvalue weighted by Crippen LogP contribution is -2.49. The van der Waals surface area contributed by atoms with Gasteiger partial charge in [-0.1, -0.05) is 0 Å². The van der Waals surface area contributed by atoms with Gasteiger partial charge >= 0.3 is 5.97 Å². The normalized spacial score (nSPS) is 24.6. The molecule has 14 heteroatoms. The van der Waals surface area contributed by atoms with Crippen LogP contribution in [0.4, 0.5) is 0 Å². The van der Waals surface area contributed by atoms with E-state index >= 15 is 4.79 Å². The molecule has 7 rings (SSSR count). The molecule has 1 amide bonds. The van der Waals surface area contributed by atoms with Crippen LogP contribution in [0.2, 0.25) is 0 Å². The number of aromatic nitrogens is 2. The van der Waals surface area contributed by atoms with Gasteiger partial charge in [0.2, 0.25) is 0 Å². The number of ether oxygens (including phenoxy) is 1. The minimum atomic E-state index is -3.78. The second kappa shape index (κ2) is 13.1. The molecule has 3 saturated heterocycles. The first-order valence-corrected chi connectivity index (χ1v) is 18.1. The number of ketones is 1. The largest absolute Gasteiger partial charge is 0.466 e. The zero-order valence-electron chi connectivity index (χ0n) is 27.8. The van der Waals surface area contributed by atoms with Gasteiger partial charge in [0.05, 0.1) is 24.2 Å². The van der Waals surface area contributed by atoms with E-state index in [-0.39, 0.29) is 74.2 Å². The average Bonchev–Trinajstić information content (AvgIpc) is 3.50. The lowest BCUT2D eigenvalue weighted by atomic mass is 9.82. The number of nitrogens with zero attached hydrogens (tertiary/aromatic N) is 7. The summed E-state index contributed by atoms with van der Waals surface area (Å²) in [7, 11) is -2.00. The molecule has 1 aliphatic carbocycles. The van der Waals surface area contributed by atoms with E-state index in [1.165, 1.54) is 14.7 Å². The molecule has 1 saturated carbocycles. The third kappa shape index (κ3) is 5.46. The maximum Gasteiger partial charge on any atom is 0.309 e. The Balaban J connectivity index is 1.20. The Hall–Kier alpha value is -4.97. The number of rotatable bonds is 9. The number of nitriles is 1. The fourth-order valence-electron chi connectivity index (χ4n) is 7.88. The molecule has 50 heavy (non-hydrogen) atoms. The van der Waals surface area contributed by atoms with E-state index in [1.807, 2.05) is 4.90 Å². The third-order valence-corrected chi connectivity index (χ3v) is 12.5. The van der Waals surface area contributed by atoms with Crippen LogP contribution in [0.15, 0.2) is 85.2 Å². The number of esters is 1. The van der Waals surface area contributed by atoms with Crippen molar-refractivity contribution in [1.29, 1.82) is 5.26 Å².